The van der Waals surface area contributed by atoms with Crippen LogP contribution in [0.3, 0.4) is 0 Å². The fraction of sp³-hybridized carbons (Fsp3) is 0.700. The summed E-state index contributed by atoms with van der Waals surface area (Å²) in [7, 11) is 0. The number of rotatable bonds is 6. The normalized spacial score (nSPS) is 11.0. The van der Waals surface area contributed by atoms with Crippen LogP contribution in [0, 0.1) is 13.0 Å². The van der Waals surface area contributed by atoms with E-state index in [9.17, 15) is 0 Å². The Labute approximate surface area is 65.3 Å². The Morgan fingerprint density at radius 2 is 2.10 bits per heavy atom. The molecule has 0 unspecified atom stereocenters. The zero-order valence-electron chi connectivity index (χ0n) is 7.03. The third-order valence-electron chi connectivity index (χ3n) is 1.45. The van der Waals surface area contributed by atoms with E-state index in [0.29, 0.717) is 0 Å². The second-order valence-electron chi connectivity index (χ2n) is 2.46. The average Bonchev–Trinajstić information content (AvgIpc) is 1.97. The minimum Gasteiger partial charge on any atom is -0.0811 e. The Hall–Kier alpha value is -0.260. The van der Waals surface area contributed by atoms with Crippen molar-refractivity contribution in [2.75, 3.05) is 0 Å². The summed E-state index contributed by atoms with van der Waals surface area (Å²) in [6.07, 6.45) is 12.6. The third-order valence-corrected chi connectivity index (χ3v) is 1.45. The first kappa shape index (κ1) is 9.74. The van der Waals surface area contributed by atoms with Crippen LogP contribution in [0.1, 0.15) is 45.4 Å². The molecule has 0 spiro atoms. The van der Waals surface area contributed by atoms with Gasteiger partial charge in [-0.25, -0.2) is 0 Å². The third kappa shape index (κ3) is 7.74. The molecule has 0 rings (SSSR count). The number of allylic oxidation sites excluding steroid dienone is 2. The van der Waals surface area contributed by atoms with Crippen LogP contribution in [0.15, 0.2) is 6.08 Å². The van der Waals surface area contributed by atoms with E-state index in [-0.39, 0.29) is 0 Å². The molecule has 0 nitrogen and oxygen atoms in total. The quantitative estimate of drug-likeness (QED) is 0.492. The van der Waals surface area contributed by atoms with Crippen molar-refractivity contribution in [1.29, 1.82) is 0 Å². The highest BCUT2D eigenvalue weighted by Gasteiger charge is 1.83. The molecular formula is C10H18. The number of unbranched alkanes of at least 4 members (excludes halogenated alkanes) is 4. The Bertz CT molecular complexity index is 72.1. The molecule has 0 aromatic rings. The van der Waals surface area contributed by atoms with Gasteiger partial charge in [-0.3, -0.25) is 0 Å². The van der Waals surface area contributed by atoms with E-state index >= 15 is 0 Å². The largest absolute Gasteiger partial charge is 0.0811 e. The van der Waals surface area contributed by atoms with Crippen molar-refractivity contribution in [1.82, 2.24) is 0 Å². The standard InChI is InChI=1S/C10H18/c1-3-5-7-9-10-8-6-4-2/h8H,1,3-5,7,9-10H2,2H3. The van der Waals surface area contributed by atoms with Gasteiger partial charge in [0.25, 0.3) is 0 Å². The summed E-state index contributed by atoms with van der Waals surface area (Å²) in [4.78, 5) is 0. The van der Waals surface area contributed by atoms with Gasteiger partial charge in [0.15, 0.2) is 0 Å². The zero-order valence-corrected chi connectivity index (χ0v) is 7.03. The molecule has 0 bridgehead atoms. The summed E-state index contributed by atoms with van der Waals surface area (Å²) >= 11 is 0. The molecule has 0 atom stereocenters. The maximum atomic E-state index is 3.79. The molecule has 0 aliphatic carbocycles. The number of hydrogen-bond donors (Lipinski definition) is 0. The Morgan fingerprint density at radius 3 is 2.70 bits per heavy atom. The van der Waals surface area contributed by atoms with E-state index in [1.165, 1.54) is 25.7 Å². The fourth-order valence-corrected chi connectivity index (χ4v) is 0.846. The smallest absolute Gasteiger partial charge is 0.0308 e. The van der Waals surface area contributed by atoms with Gasteiger partial charge in [0.2, 0.25) is 0 Å². The van der Waals surface area contributed by atoms with Gasteiger partial charge < -0.3 is 0 Å². The minimum atomic E-state index is 1.05. The highest BCUT2D eigenvalue weighted by molar-refractivity contribution is 4.71. The lowest BCUT2D eigenvalue weighted by Crippen LogP contribution is -1.73. The van der Waals surface area contributed by atoms with Crippen LogP contribution in [0.4, 0.5) is 0 Å². The molecule has 0 heteroatoms. The first-order chi connectivity index (χ1) is 4.91. The van der Waals surface area contributed by atoms with Crippen LogP contribution in [0.2, 0.25) is 0 Å². The molecule has 58 valence electrons. The molecule has 0 aliphatic rings. The van der Waals surface area contributed by atoms with E-state index in [2.05, 4.69) is 26.0 Å². The predicted molar refractivity (Wildman–Crippen MR) is 46.5 cm³/mol. The second-order valence-corrected chi connectivity index (χ2v) is 2.46. The van der Waals surface area contributed by atoms with Crippen LogP contribution >= 0.6 is 0 Å². The van der Waals surface area contributed by atoms with Gasteiger partial charge in [-0.2, -0.15) is 0 Å². The van der Waals surface area contributed by atoms with Crippen molar-refractivity contribution in [3.8, 4) is 0 Å². The molecule has 0 saturated heterocycles. The zero-order chi connectivity index (χ0) is 7.66. The minimum absolute atomic E-state index is 1.05. The molecule has 0 saturated carbocycles. The van der Waals surface area contributed by atoms with Crippen molar-refractivity contribution in [2.45, 2.75) is 45.4 Å². The summed E-state index contributed by atoms with van der Waals surface area (Å²) in [6.45, 7) is 5.91. The molecule has 0 heterocycles. The Balaban J connectivity index is 2.83. The van der Waals surface area contributed by atoms with Gasteiger partial charge in [0.05, 0.1) is 0 Å². The highest BCUT2D eigenvalue weighted by atomic mass is 13.9. The van der Waals surface area contributed by atoms with Crippen molar-refractivity contribution < 1.29 is 0 Å². The molecule has 2 radical (unpaired) electrons. The predicted octanol–water partition coefficient (Wildman–Crippen LogP) is 3.54. The van der Waals surface area contributed by atoms with Crippen molar-refractivity contribution in [3.05, 3.63) is 19.1 Å². The van der Waals surface area contributed by atoms with Gasteiger partial charge in [-0.05, 0) is 25.3 Å². The van der Waals surface area contributed by atoms with E-state index < -0.39 is 0 Å². The van der Waals surface area contributed by atoms with Crippen LogP contribution in [-0.4, -0.2) is 0 Å². The SMILES string of the molecule is [CH2]CCCCC/C=[C]/CC. The van der Waals surface area contributed by atoms with E-state index in [0.717, 1.165) is 12.8 Å². The van der Waals surface area contributed by atoms with Crippen molar-refractivity contribution in [3.63, 3.8) is 0 Å². The average molecular weight is 138 g/mol. The fourth-order valence-electron chi connectivity index (χ4n) is 0.846. The van der Waals surface area contributed by atoms with Gasteiger partial charge in [0.1, 0.15) is 0 Å². The molecule has 0 aromatic carbocycles. The Morgan fingerprint density at radius 1 is 1.30 bits per heavy atom. The first-order valence-corrected chi connectivity index (χ1v) is 4.26. The van der Waals surface area contributed by atoms with Gasteiger partial charge in [0, 0.05) is 0 Å². The summed E-state index contributed by atoms with van der Waals surface area (Å²) in [6, 6.07) is 0. The molecule has 0 aliphatic heterocycles. The molecular weight excluding hydrogens is 120 g/mol. The maximum Gasteiger partial charge on any atom is -0.0308 e. The van der Waals surface area contributed by atoms with Crippen LogP contribution in [-0.2, 0) is 0 Å². The summed E-state index contributed by atoms with van der Waals surface area (Å²) in [5, 5.41) is 0. The molecule has 0 N–H and O–H groups in total. The van der Waals surface area contributed by atoms with E-state index in [4.69, 9.17) is 0 Å². The first-order valence-electron chi connectivity index (χ1n) is 4.26. The van der Waals surface area contributed by atoms with Gasteiger partial charge in [-0.15, -0.1) is 0 Å². The Kier molecular flexibility index (Phi) is 8.51. The van der Waals surface area contributed by atoms with Gasteiger partial charge >= 0.3 is 0 Å². The van der Waals surface area contributed by atoms with E-state index in [1.807, 2.05) is 0 Å². The maximum absolute atomic E-state index is 3.79. The van der Waals surface area contributed by atoms with Gasteiger partial charge in [-0.1, -0.05) is 39.2 Å². The summed E-state index contributed by atoms with van der Waals surface area (Å²) in [5.74, 6) is 0. The summed E-state index contributed by atoms with van der Waals surface area (Å²) < 4.78 is 0. The van der Waals surface area contributed by atoms with Crippen molar-refractivity contribution in [2.24, 2.45) is 0 Å². The highest BCUT2D eigenvalue weighted by Crippen LogP contribution is 2.02. The summed E-state index contributed by atoms with van der Waals surface area (Å²) in [5.41, 5.74) is 0. The lowest BCUT2D eigenvalue weighted by atomic mass is 10.1. The topological polar surface area (TPSA) is 0 Å². The molecule has 0 fully saturated rings. The van der Waals surface area contributed by atoms with E-state index in [1.54, 1.807) is 0 Å². The molecule has 0 aromatic heterocycles. The monoisotopic (exact) mass is 138 g/mol. The lowest BCUT2D eigenvalue weighted by molar-refractivity contribution is 0.693. The number of hydrogen-bond acceptors (Lipinski definition) is 0. The molecule has 10 heavy (non-hydrogen) atoms. The van der Waals surface area contributed by atoms with Crippen LogP contribution in [0.5, 0.6) is 0 Å². The van der Waals surface area contributed by atoms with Crippen molar-refractivity contribution >= 4 is 0 Å². The second kappa shape index (κ2) is 8.74. The van der Waals surface area contributed by atoms with Crippen LogP contribution in [0.25, 0.3) is 0 Å². The van der Waals surface area contributed by atoms with Crippen LogP contribution < -0.4 is 0 Å². The lowest BCUT2D eigenvalue weighted by Gasteiger charge is -1.92. The molecule has 0 amide bonds.